The largest absolute Gasteiger partial charge is 0.458 e. The first kappa shape index (κ1) is 13.9. The molecular formula is C16H15NO3S. The number of fused-ring (bicyclic) bond motifs is 1. The Morgan fingerprint density at radius 1 is 1.38 bits per heavy atom. The highest BCUT2D eigenvalue weighted by molar-refractivity contribution is 7.08. The van der Waals surface area contributed by atoms with Gasteiger partial charge in [-0.3, -0.25) is 4.79 Å². The molecule has 1 amide bonds. The summed E-state index contributed by atoms with van der Waals surface area (Å²) in [5, 5.41) is 17.8. The lowest BCUT2D eigenvalue weighted by atomic mass is 10.0. The number of hydrogen-bond acceptors (Lipinski definition) is 4. The van der Waals surface area contributed by atoms with E-state index in [1.54, 1.807) is 24.4 Å². The molecule has 1 unspecified atom stereocenters. The average Bonchev–Trinajstić information content (AvgIpc) is 3.13. The van der Waals surface area contributed by atoms with Gasteiger partial charge in [0.05, 0.1) is 6.54 Å². The van der Waals surface area contributed by atoms with Crippen LogP contribution < -0.4 is 5.32 Å². The molecule has 0 radical (unpaired) electrons. The molecule has 2 aromatic heterocycles. The summed E-state index contributed by atoms with van der Waals surface area (Å²) in [5.41, 5.74) is 0.0578. The fraction of sp³-hybridized carbons (Fsp3) is 0.188. The quantitative estimate of drug-likeness (QED) is 0.778. The van der Waals surface area contributed by atoms with Gasteiger partial charge in [-0.05, 0) is 30.5 Å². The van der Waals surface area contributed by atoms with Crippen molar-refractivity contribution < 1.29 is 14.3 Å². The zero-order valence-electron chi connectivity index (χ0n) is 11.5. The van der Waals surface area contributed by atoms with Gasteiger partial charge in [0.25, 0.3) is 5.91 Å². The van der Waals surface area contributed by atoms with Gasteiger partial charge >= 0.3 is 0 Å². The smallest absolute Gasteiger partial charge is 0.252 e. The summed E-state index contributed by atoms with van der Waals surface area (Å²) >= 11 is 1.46. The number of aliphatic hydroxyl groups is 1. The lowest BCUT2D eigenvalue weighted by molar-refractivity contribution is 0.0344. The Balaban J connectivity index is 1.75. The lowest BCUT2D eigenvalue weighted by Crippen LogP contribution is -2.38. The number of nitrogens with one attached hydrogen (secondary N) is 1. The van der Waals surface area contributed by atoms with Crippen molar-refractivity contribution in [1.29, 1.82) is 0 Å². The molecule has 3 rings (SSSR count). The van der Waals surface area contributed by atoms with E-state index in [4.69, 9.17) is 4.42 Å². The van der Waals surface area contributed by atoms with Crippen molar-refractivity contribution in [1.82, 2.24) is 5.32 Å². The number of furan rings is 1. The second kappa shape index (κ2) is 5.35. The van der Waals surface area contributed by atoms with Gasteiger partial charge in [0.2, 0.25) is 0 Å². The molecule has 0 saturated heterocycles. The molecular weight excluding hydrogens is 286 g/mol. The van der Waals surface area contributed by atoms with Gasteiger partial charge in [0, 0.05) is 16.3 Å². The lowest BCUT2D eigenvalue weighted by Gasteiger charge is -2.20. The number of thiophene rings is 1. The highest BCUT2D eigenvalue weighted by Gasteiger charge is 2.28. The van der Waals surface area contributed by atoms with Crippen LogP contribution in [0.5, 0.6) is 0 Å². The van der Waals surface area contributed by atoms with Gasteiger partial charge < -0.3 is 14.8 Å². The van der Waals surface area contributed by atoms with Crippen molar-refractivity contribution in [2.24, 2.45) is 0 Å². The summed E-state index contributed by atoms with van der Waals surface area (Å²) in [5.74, 6) is 0.238. The van der Waals surface area contributed by atoms with Crippen molar-refractivity contribution in [2.45, 2.75) is 12.5 Å². The number of carbonyl (C=O) groups is 1. The topological polar surface area (TPSA) is 62.5 Å². The van der Waals surface area contributed by atoms with Crippen LogP contribution >= 0.6 is 11.3 Å². The minimum Gasteiger partial charge on any atom is -0.458 e. The molecule has 1 aromatic carbocycles. The molecule has 0 aliphatic heterocycles. The molecule has 0 spiro atoms. The molecule has 21 heavy (non-hydrogen) atoms. The third kappa shape index (κ3) is 2.84. The molecule has 0 bridgehead atoms. The SMILES string of the molecule is CC(O)(CNC(=O)c1ccsc1)c1cc2ccccc2o1. The zero-order valence-corrected chi connectivity index (χ0v) is 12.3. The van der Waals surface area contributed by atoms with Crippen molar-refractivity contribution in [2.75, 3.05) is 6.54 Å². The molecule has 1 atom stereocenters. The van der Waals surface area contributed by atoms with Gasteiger partial charge in [-0.2, -0.15) is 11.3 Å². The molecule has 5 heteroatoms. The van der Waals surface area contributed by atoms with Crippen LogP contribution in [0.4, 0.5) is 0 Å². The fourth-order valence-corrected chi connectivity index (χ4v) is 2.72. The molecule has 2 N–H and O–H groups in total. The summed E-state index contributed by atoms with van der Waals surface area (Å²) in [6.07, 6.45) is 0. The first-order valence-electron chi connectivity index (χ1n) is 6.58. The average molecular weight is 301 g/mol. The van der Waals surface area contributed by atoms with E-state index in [1.807, 2.05) is 29.6 Å². The third-order valence-corrected chi connectivity index (χ3v) is 4.02. The van der Waals surface area contributed by atoms with E-state index >= 15 is 0 Å². The standard InChI is InChI=1S/C16H15NO3S/c1-16(19,10-17-15(18)12-6-7-21-9-12)14-8-11-4-2-3-5-13(11)20-14/h2-9,19H,10H2,1H3,(H,17,18). The molecule has 0 saturated carbocycles. The van der Waals surface area contributed by atoms with Gasteiger partial charge in [-0.25, -0.2) is 0 Å². The molecule has 4 nitrogen and oxygen atoms in total. The minimum atomic E-state index is -1.26. The van der Waals surface area contributed by atoms with E-state index in [0.717, 1.165) is 11.0 Å². The van der Waals surface area contributed by atoms with E-state index in [2.05, 4.69) is 5.32 Å². The van der Waals surface area contributed by atoms with Crippen molar-refractivity contribution in [3.05, 3.63) is 58.5 Å². The second-order valence-corrected chi connectivity index (χ2v) is 5.90. The van der Waals surface area contributed by atoms with Crippen LogP contribution in [0.2, 0.25) is 0 Å². The molecule has 0 aliphatic rings. The maximum atomic E-state index is 11.9. The van der Waals surface area contributed by atoms with Crippen LogP contribution in [0.1, 0.15) is 23.0 Å². The third-order valence-electron chi connectivity index (χ3n) is 3.33. The monoisotopic (exact) mass is 301 g/mol. The summed E-state index contributed by atoms with van der Waals surface area (Å²) < 4.78 is 5.66. The van der Waals surface area contributed by atoms with Gasteiger partial charge in [-0.1, -0.05) is 18.2 Å². The number of rotatable bonds is 4. The van der Waals surface area contributed by atoms with Crippen LogP contribution in [0.15, 0.2) is 51.6 Å². The number of carbonyl (C=O) groups excluding carboxylic acids is 1. The van der Waals surface area contributed by atoms with Crippen molar-refractivity contribution in [3.8, 4) is 0 Å². The Kier molecular flexibility index (Phi) is 3.53. The highest BCUT2D eigenvalue weighted by atomic mass is 32.1. The maximum absolute atomic E-state index is 11.9. The Morgan fingerprint density at radius 2 is 2.19 bits per heavy atom. The second-order valence-electron chi connectivity index (χ2n) is 5.12. The normalized spacial score (nSPS) is 14.0. The molecule has 108 valence electrons. The summed E-state index contributed by atoms with van der Waals surface area (Å²) in [7, 11) is 0. The van der Waals surface area contributed by atoms with E-state index in [9.17, 15) is 9.90 Å². The number of benzene rings is 1. The first-order valence-corrected chi connectivity index (χ1v) is 7.52. The summed E-state index contributed by atoms with van der Waals surface area (Å²) in [6, 6.07) is 11.1. The minimum absolute atomic E-state index is 0.0848. The van der Waals surface area contributed by atoms with E-state index in [-0.39, 0.29) is 12.5 Å². The first-order chi connectivity index (χ1) is 10.1. The van der Waals surface area contributed by atoms with E-state index in [1.165, 1.54) is 11.3 Å². The van der Waals surface area contributed by atoms with Crippen LogP contribution in [0.25, 0.3) is 11.0 Å². The fourth-order valence-electron chi connectivity index (χ4n) is 2.08. The van der Waals surface area contributed by atoms with Crippen LogP contribution in [0.3, 0.4) is 0 Å². The predicted molar refractivity (Wildman–Crippen MR) is 82.4 cm³/mol. The van der Waals surface area contributed by atoms with E-state index in [0.29, 0.717) is 11.3 Å². The van der Waals surface area contributed by atoms with Crippen LogP contribution in [-0.4, -0.2) is 17.6 Å². The summed E-state index contributed by atoms with van der Waals surface area (Å²) in [4.78, 5) is 11.9. The number of amides is 1. The number of para-hydroxylation sites is 1. The summed E-state index contributed by atoms with van der Waals surface area (Å²) in [6.45, 7) is 1.71. The van der Waals surface area contributed by atoms with Crippen molar-refractivity contribution >= 4 is 28.2 Å². The van der Waals surface area contributed by atoms with Gasteiger partial charge in [0.15, 0.2) is 0 Å². The highest BCUT2D eigenvalue weighted by Crippen LogP contribution is 2.27. The van der Waals surface area contributed by atoms with Crippen LogP contribution in [0, 0.1) is 0 Å². The van der Waals surface area contributed by atoms with Crippen molar-refractivity contribution in [3.63, 3.8) is 0 Å². The Morgan fingerprint density at radius 3 is 2.90 bits per heavy atom. The molecule has 3 aromatic rings. The zero-order chi connectivity index (χ0) is 14.9. The Hall–Kier alpha value is -2.11. The molecule has 0 fully saturated rings. The maximum Gasteiger partial charge on any atom is 0.252 e. The molecule has 2 heterocycles. The van der Waals surface area contributed by atoms with E-state index < -0.39 is 5.60 Å². The predicted octanol–water partition coefficient (Wildman–Crippen LogP) is 3.13. The Bertz CT molecular complexity index is 726. The Labute approximate surface area is 126 Å². The van der Waals surface area contributed by atoms with Crippen LogP contribution in [-0.2, 0) is 5.60 Å². The van der Waals surface area contributed by atoms with Gasteiger partial charge in [0.1, 0.15) is 16.9 Å². The van der Waals surface area contributed by atoms with Gasteiger partial charge in [-0.15, -0.1) is 0 Å². The molecule has 0 aliphatic carbocycles. The number of hydrogen-bond donors (Lipinski definition) is 2.